The van der Waals surface area contributed by atoms with Gasteiger partial charge in [-0.3, -0.25) is 0 Å². The molecule has 0 saturated carbocycles. The molecule has 0 radical (unpaired) electrons. The second kappa shape index (κ2) is 8.09. The minimum absolute atomic E-state index is 0. The Morgan fingerprint density at radius 2 is 1.29 bits per heavy atom. The van der Waals surface area contributed by atoms with Crippen LogP contribution in [0, 0.1) is 5.92 Å². The molecule has 0 aromatic rings. The Kier molecular flexibility index (Phi) is 9.60. The minimum Gasteiger partial charge on any atom is -0.0918 e. The van der Waals surface area contributed by atoms with Gasteiger partial charge in [-0.05, 0) is 28.8 Å². The van der Waals surface area contributed by atoms with Crippen LogP contribution in [-0.2, 0) is 20.4 Å². The number of allylic oxidation sites excluding steroid dienone is 2. The van der Waals surface area contributed by atoms with E-state index in [1.54, 1.807) is 0 Å². The first-order valence-corrected chi connectivity index (χ1v) is 8.00. The van der Waals surface area contributed by atoms with E-state index < -0.39 is 0 Å². The molecule has 0 unspecified atom stereocenters. The van der Waals surface area contributed by atoms with Crippen LogP contribution in [0.5, 0.6) is 0 Å². The van der Waals surface area contributed by atoms with Gasteiger partial charge in [-0.15, -0.1) is 0 Å². The summed E-state index contributed by atoms with van der Waals surface area (Å²) in [5.41, 5.74) is 0. The second-order valence-corrected chi connectivity index (χ2v) is 11.0. The summed E-state index contributed by atoms with van der Waals surface area (Å²) >= 11 is 0. The third kappa shape index (κ3) is 9.41. The molecule has 0 N–H and O–H groups in total. The van der Waals surface area contributed by atoms with E-state index in [1.165, 1.54) is 12.6 Å². The Morgan fingerprint density at radius 3 is 1.59 bits per heavy atom. The zero-order valence-corrected chi connectivity index (χ0v) is 15.4. The quantitative estimate of drug-likeness (QED) is 0.349. The Hall–Kier alpha value is 0.832. The number of rotatable bonds is 4. The first kappa shape index (κ1) is 20.2. The van der Waals surface area contributed by atoms with Crippen LogP contribution in [0.1, 0.15) is 61.8 Å². The van der Waals surface area contributed by atoms with Crippen molar-refractivity contribution >= 4 is 7.92 Å². The van der Waals surface area contributed by atoms with Gasteiger partial charge in [0.1, 0.15) is 0 Å². The molecule has 0 aromatic carbocycles. The summed E-state index contributed by atoms with van der Waals surface area (Å²) in [6.45, 7) is 18.9. The maximum absolute atomic E-state index is 2.42. The van der Waals surface area contributed by atoms with Crippen LogP contribution in [0.25, 0.3) is 0 Å². The summed E-state index contributed by atoms with van der Waals surface area (Å²) in [4.78, 5) is 0. The fourth-order valence-electron chi connectivity index (χ4n) is 2.10. The molecule has 0 spiro atoms. The SMILES string of the molecule is CC(C)CC=CCP(C(C)(C)C)C(C)(C)C.[Pd]. The molecule has 0 nitrogen and oxygen atoms in total. The number of hydrogen-bond donors (Lipinski definition) is 0. The molecular weight excluding hydrogens is 318 g/mol. The fraction of sp³-hybridized carbons (Fsp3) is 0.867. The molecular formula is C15H31PPd. The monoisotopic (exact) mass is 348 g/mol. The zero-order chi connectivity index (χ0) is 13.0. The van der Waals surface area contributed by atoms with Crippen LogP contribution in [0.4, 0.5) is 0 Å². The smallest absolute Gasteiger partial charge is 0 e. The minimum atomic E-state index is 0. The predicted octanol–water partition coefficient (Wildman–Crippen LogP) is 5.67. The molecule has 0 aliphatic rings. The molecule has 0 fully saturated rings. The van der Waals surface area contributed by atoms with Crippen LogP contribution in [-0.4, -0.2) is 16.5 Å². The largest absolute Gasteiger partial charge is 0.0918 e. The van der Waals surface area contributed by atoms with E-state index in [2.05, 4.69) is 67.5 Å². The molecule has 0 saturated heterocycles. The van der Waals surface area contributed by atoms with E-state index >= 15 is 0 Å². The molecule has 0 rings (SSSR count). The van der Waals surface area contributed by atoms with Gasteiger partial charge < -0.3 is 0 Å². The van der Waals surface area contributed by atoms with Gasteiger partial charge in [0.05, 0.1) is 0 Å². The van der Waals surface area contributed by atoms with E-state index in [0.717, 1.165) is 5.92 Å². The standard InChI is InChI=1S/C15H31P.Pd/c1-13(2)11-9-10-12-16(14(3,4)5)15(6,7)8;/h9-10,13H,11-12H2,1-8H3;. The molecule has 106 valence electrons. The van der Waals surface area contributed by atoms with Gasteiger partial charge in [0.2, 0.25) is 0 Å². The van der Waals surface area contributed by atoms with Gasteiger partial charge in [-0.25, -0.2) is 0 Å². The van der Waals surface area contributed by atoms with E-state index in [9.17, 15) is 0 Å². The van der Waals surface area contributed by atoms with Crippen molar-refractivity contribution in [2.24, 2.45) is 5.92 Å². The molecule has 0 atom stereocenters. The van der Waals surface area contributed by atoms with Gasteiger partial charge in [0.15, 0.2) is 0 Å². The Labute approximate surface area is 124 Å². The van der Waals surface area contributed by atoms with Crippen molar-refractivity contribution in [2.75, 3.05) is 6.16 Å². The summed E-state index contributed by atoms with van der Waals surface area (Å²) in [6.07, 6.45) is 7.28. The summed E-state index contributed by atoms with van der Waals surface area (Å²) < 4.78 is 0. The molecule has 17 heavy (non-hydrogen) atoms. The predicted molar refractivity (Wildman–Crippen MR) is 79.9 cm³/mol. The second-order valence-electron chi connectivity index (χ2n) is 7.05. The molecule has 0 amide bonds. The molecule has 2 heteroatoms. The third-order valence-electron chi connectivity index (χ3n) is 2.68. The van der Waals surface area contributed by atoms with Gasteiger partial charge in [0.25, 0.3) is 0 Å². The van der Waals surface area contributed by atoms with Crippen LogP contribution >= 0.6 is 7.92 Å². The van der Waals surface area contributed by atoms with Gasteiger partial charge in [-0.2, -0.15) is 0 Å². The molecule has 0 heterocycles. The van der Waals surface area contributed by atoms with E-state index in [4.69, 9.17) is 0 Å². The van der Waals surface area contributed by atoms with Crippen molar-refractivity contribution in [3.05, 3.63) is 12.2 Å². The summed E-state index contributed by atoms with van der Waals surface area (Å²) in [7, 11) is 0.0396. The van der Waals surface area contributed by atoms with Crippen molar-refractivity contribution in [3.63, 3.8) is 0 Å². The average Bonchev–Trinajstić information content (AvgIpc) is 1.97. The summed E-state index contributed by atoms with van der Waals surface area (Å²) in [5, 5.41) is 0.908. The van der Waals surface area contributed by atoms with Crippen molar-refractivity contribution in [1.29, 1.82) is 0 Å². The first-order chi connectivity index (χ1) is 7.05. The zero-order valence-electron chi connectivity index (χ0n) is 12.9. The maximum Gasteiger partial charge on any atom is 0 e. The van der Waals surface area contributed by atoms with Crippen LogP contribution in [0.3, 0.4) is 0 Å². The van der Waals surface area contributed by atoms with Crippen molar-refractivity contribution in [1.82, 2.24) is 0 Å². The topological polar surface area (TPSA) is 0 Å². The summed E-state index contributed by atoms with van der Waals surface area (Å²) in [6, 6.07) is 0. The number of hydrogen-bond acceptors (Lipinski definition) is 0. The normalized spacial score (nSPS) is 13.5. The maximum atomic E-state index is 2.42. The molecule has 0 aliphatic carbocycles. The van der Waals surface area contributed by atoms with E-state index in [1.807, 2.05) is 0 Å². The molecule has 0 aromatic heterocycles. The average molecular weight is 349 g/mol. The van der Waals surface area contributed by atoms with Gasteiger partial charge in [-0.1, -0.05) is 75.5 Å². The summed E-state index contributed by atoms with van der Waals surface area (Å²) in [5.74, 6) is 0.784. The third-order valence-corrected chi connectivity index (χ3v) is 6.50. The van der Waals surface area contributed by atoms with Crippen LogP contribution in [0.15, 0.2) is 12.2 Å². The van der Waals surface area contributed by atoms with Gasteiger partial charge in [0, 0.05) is 20.4 Å². The van der Waals surface area contributed by atoms with Crippen molar-refractivity contribution in [2.45, 2.75) is 72.1 Å². The molecule has 0 bridgehead atoms. The Balaban J connectivity index is 0. The van der Waals surface area contributed by atoms with Crippen LogP contribution < -0.4 is 0 Å². The van der Waals surface area contributed by atoms with Crippen molar-refractivity contribution < 1.29 is 20.4 Å². The van der Waals surface area contributed by atoms with E-state index in [0.29, 0.717) is 10.3 Å². The van der Waals surface area contributed by atoms with Gasteiger partial charge >= 0.3 is 0 Å². The Morgan fingerprint density at radius 1 is 0.882 bits per heavy atom. The first-order valence-electron chi connectivity index (χ1n) is 6.48. The Bertz CT molecular complexity index is 204. The van der Waals surface area contributed by atoms with Crippen molar-refractivity contribution in [3.8, 4) is 0 Å². The van der Waals surface area contributed by atoms with Crippen LogP contribution in [0.2, 0.25) is 0 Å². The fourth-order valence-corrected chi connectivity index (χ4v) is 5.57. The van der Waals surface area contributed by atoms with E-state index in [-0.39, 0.29) is 28.3 Å². The molecule has 0 aliphatic heterocycles.